The fraction of sp³-hybridized carbons (Fsp3) is 0. The number of carboxylic acid groups (broad SMARTS) is 1. The lowest BCUT2D eigenvalue weighted by Crippen LogP contribution is -2.41. The van der Waals surface area contributed by atoms with E-state index in [1.807, 2.05) is 10.3 Å². The van der Waals surface area contributed by atoms with E-state index in [0.717, 1.165) is 18.2 Å². The number of pyridine rings is 1. The molecule has 0 aliphatic carbocycles. The molecule has 0 unspecified atom stereocenters. The zero-order valence-corrected chi connectivity index (χ0v) is 12.9. The van der Waals surface area contributed by atoms with Gasteiger partial charge in [0.15, 0.2) is 0 Å². The third kappa shape index (κ3) is 4.03. The summed E-state index contributed by atoms with van der Waals surface area (Å²) in [6.07, 6.45) is 2.72. The van der Waals surface area contributed by atoms with Crippen LogP contribution in [-0.4, -0.2) is 30.4 Å². The molecule has 0 atom stereocenters. The maximum absolute atomic E-state index is 12.1. The predicted octanol–water partition coefficient (Wildman–Crippen LogP) is 1.06. The Kier molecular flexibility index (Phi) is 4.94. The minimum absolute atomic E-state index is 0.101. The summed E-state index contributed by atoms with van der Waals surface area (Å²) in [6.45, 7) is 0. The van der Waals surface area contributed by atoms with Crippen LogP contribution in [-0.2, 0) is 10.0 Å². The van der Waals surface area contributed by atoms with Gasteiger partial charge in [0, 0.05) is 12.4 Å². The second kappa shape index (κ2) is 6.73. The van der Waals surface area contributed by atoms with Crippen LogP contribution in [0.15, 0.2) is 47.6 Å². The lowest BCUT2D eigenvalue weighted by Gasteiger charge is -2.09. The van der Waals surface area contributed by atoms with Crippen molar-refractivity contribution in [2.24, 2.45) is 0 Å². The Hall–Kier alpha value is -2.49. The number of sulfonamides is 1. The van der Waals surface area contributed by atoms with Gasteiger partial charge in [0.1, 0.15) is 0 Å². The molecule has 0 spiro atoms. The first-order valence-corrected chi connectivity index (χ1v) is 7.92. The number of carbonyl (C=O) groups excluding carboxylic acids is 1. The highest BCUT2D eigenvalue weighted by molar-refractivity contribution is 7.89. The van der Waals surface area contributed by atoms with Gasteiger partial charge in [-0.2, -0.15) is 0 Å². The van der Waals surface area contributed by atoms with E-state index in [1.54, 1.807) is 0 Å². The average molecular weight is 356 g/mol. The summed E-state index contributed by atoms with van der Waals surface area (Å²) in [5, 5.41) is 8.85. The van der Waals surface area contributed by atoms with Crippen molar-refractivity contribution in [3.63, 3.8) is 0 Å². The topological polar surface area (TPSA) is 125 Å². The first-order chi connectivity index (χ1) is 10.8. The summed E-state index contributed by atoms with van der Waals surface area (Å²) < 4.78 is 24.2. The Balaban J connectivity index is 2.18. The number of aromatic carboxylic acids is 1. The number of aromatic nitrogens is 1. The summed E-state index contributed by atoms with van der Waals surface area (Å²) in [5.41, 5.74) is 1.79. The molecule has 1 aromatic heterocycles. The molecule has 23 heavy (non-hydrogen) atoms. The fourth-order valence-electron chi connectivity index (χ4n) is 1.58. The molecule has 1 heterocycles. The Morgan fingerprint density at radius 1 is 1.22 bits per heavy atom. The van der Waals surface area contributed by atoms with Crippen molar-refractivity contribution in [1.82, 2.24) is 15.2 Å². The van der Waals surface area contributed by atoms with Crippen LogP contribution < -0.4 is 10.3 Å². The number of carbonyl (C=O) groups is 2. The molecule has 2 aromatic rings. The number of nitrogens with zero attached hydrogens (tertiary/aromatic N) is 1. The van der Waals surface area contributed by atoms with E-state index < -0.39 is 21.9 Å². The van der Waals surface area contributed by atoms with E-state index in [4.69, 9.17) is 16.7 Å². The molecule has 0 saturated heterocycles. The van der Waals surface area contributed by atoms with E-state index in [0.29, 0.717) is 0 Å². The highest BCUT2D eigenvalue weighted by Gasteiger charge is 2.19. The van der Waals surface area contributed by atoms with E-state index in [-0.39, 0.29) is 21.0 Å². The molecule has 0 fully saturated rings. The van der Waals surface area contributed by atoms with Gasteiger partial charge >= 0.3 is 5.97 Å². The van der Waals surface area contributed by atoms with Crippen molar-refractivity contribution in [3.8, 4) is 0 Å². The number of hydrogen-bond donors (Lipinski definition) is 3. The predicted molar refractivity (Wildman–Crippen MR) is 80.4 cm³/mol. The number of hydrazine groups is 1. The normalized spacial score (nSPS) is 11.0. The second-order valence-corrected chi connectivity index (χ2v) is 6.34. The van der Waals surface area contributed by atoms with E-state index in [1.165, 1.54) is 24.5 Å². The van der Waals surface area contributed by atoms with Crippen LogP contribution in [0, 0.1) is 0 Å². The lowest BCUT2D eigenvalue weighted by atomic mass is 10.2. The van der Waals surface area contributed by atoms with Gasteiger partial charge in [-0.25, -0.2) is 13.2 Å². The van der Waals surface area contributed by atoms with Crippen LogP contribution >= 0.6 is 11.6 Å². The Labute approximate surface area is 136 Å². The van der Waals surface area contributed by atoms with Crippen molar-refractivity contribution >= 4 is 33.5 Å². The Morgan fingerprint density at radius 3 is 2.57 bits per heavy atom. The second-order valence-electron chi connectivity index (χ2n) is 4.25. The zero-order chi connectivity index (χ0) is 17.0. The van der Waals surface area contributed by atoms with Gasteiger partial charge in [-0.1, -0.05) is 11.6 Å². The van der Waals surface area contributed by atoms with Gasteiger partial charge < -0.3 is 5.11 Å². The molecule has 10 heteroatoms. The van der Waals surface area contributed by atoms with Crippen LogP contribution in [0.2, 0.25) is 5.02 Å². The molecular formula is C13H10ClN3O5S. The van der Waals surface area contributed by atoms with Crippen LogP contribution in [0.4, 0.5) is 0 Å². The molecular weight excluding hydrogens is 346 g/mol. The van der Waals surface area contributed by atoms with Crippen molar-refractivity contribution in [1.29, 1.82) is 0 Å². The Bertz CT molecular complexity index is 855. The first-order valence-electron chi connectivity index (χ1n) is 6.06. The maximum atomic E-state index is 12.1. The number of amides is 1. The van der Waals surface area contributed by atoms with Crippen molar-refractivity contribution < 1.29 is 23.1 Å². The molecule has 1 aromatic carbocycles. The molecule has 0 aliphatic rings. The molecule has 8 nitrogen and oxygen atoms in total. The van der Waals surface area contributed by atoms with Gasteiger partial charge in [-0.05, 0) is 30.3 Å². The third-order valence-electron chi connectivity index (χ3n) is 2.70. The molecule has 3 N–H and O–H groups in total. The number of hydrogen-bond acceptors (Lipinski definition) is 5. The summed E-state index contributed by atoms with van der Waals surface area (Å²) in [6, 6.07) is 6.11. The molecule has 2 rings (SSSR count). The van der Waals surface area contributed by atoms with Gasteiger partial charge in [0.2, 0.25) is 0 Å². The maximum Gasteiger partial charge on any atom is 0.337 e. The summed E-state index contributed by atoms with van der Waals surface area (Å²) in [4.78, 5) is 28.0. The number of rotatable bonds is 5. The number of nitrogens with one attached hydrogen (secondary N) is 2. The smallest absolute Gasteiger partial charge is 0.337 e. The summed E-state index contributed by atoms with van der Waals surface area (Å²) in [7, 11) is -4.16. The third-order valence-corrected chi connectivity index (χ3v) is 4.28. The van der Waals surface area contributed by atoms with Crippen LogP contribution in [0.3, 0.4) is 0 Å². The molecule has 1 amide bonds. The Morgan fingerprint density at radius 2 is 1.96 bits per heavy atom. The van der Waals surface area contributed by atoms with Crippen molar-refractivity contribution in [2.45, 2.75) is 4.90 Å². The van der Waals surface area contributed by atoms with E-state index in [9.17, 15) is 18.0 Å². The lowest BCUT2D eigenvalue weighted by molar-refractivity contribution is 0.0696. The van der Waals surface area contributed by atoms with Crippen molar-refractivity contribution in [2.75, 3.05) is 0 Å². The molecule has 0 saturated carbocycles. The first kappa shape index (κ1) is 16.9. The zero-order valence-electron chi connectivity index (χ0n) is 11.4. The van der Waals surface area contributed by atoms with Crippen LogP contribution in [0.1, 0.15) is 20.7 Å². The highest BCUT2D eigenvalue weighted by atomic mass is 35.5. The minimum Gasteiger partial charge on any atom is -0.478 e. The van der Waals surface area contributed by atoms with E-state index >= 15 is 0 Å². The minimum atomic E-state index is -4.16. The molecule has 0 aliphatic heterocycles. The van der Waals surface area contributed by atoms with E-state index in [2.05, 4.69) is 4.98 Å². The van der Waals surface area contributed by atoms with Gasteiger partial charge in [0.05, 0.1) is 21.0 Å². The van der Waals surface area contributed by atoms with Crippen LogP contribution in [0.25, 0.3) is 0 Å². The quantitative estimate of drug-likeness (QED) is 0.688. The average Bonchev–Trinajstić information content (AvgIpc) is 2.53. The van der Waals surface area contributed by atoms with Crippen LogP contribution in [0.5, 0.6) is 0 Å². The highest BCUT2D eigenvalue weighted by Crippen LogP contribution is 2.20. The standard InChI is InChI=1S/C13H10ClN3O5S/c14-11-4-3-9(6-10(11)13(19)20)23(21,22)17-16-12(18)8-2-1-5-15-7-8/h1-7,17H,(H,16,18)(H,19,20). The van der Waals surface area contributed by atoms with Gasteiger partial charge in [-0.15, -0.1) is 4.83 Å². The molecule has 0 bridgehead atoms. The fourth-order valence-corrected chi connectivity index (χ4v) is 2.64. The largest absolute Gasteiger partial charge is 0.478 e. The number of carboxylic acids is 1. The van der Waals surface area contributed by atoms with Gasteiger partial charge in [0.25, 0.3) is 15.9 Å². The summed E-state index contributed by atoms with van der Waals surface area (Å²) >= 11 is 5.68. The number of halogens is 1. The number of benzene rings is 1. The molecule has 120 valence electrons. The summed E-state index contributed by atoms with van der Waals surface area (Å²) in [5.74, 6) is -2.08. The van der Waals surface area contributed by atoms with Crippen molar-refractivity contribution in [3.05, 3.63) is 58.9 Å². The van der Waals surface area contributed by atoms with Gasteiger partial charge in [-0.3, -0.25) is 15.2 Å². The SMILES string of the molecule is O=C(NNS(=O)(=O)c1ccc(Cl)c(C(=O)O)c1)c1cccnc1. The molecule has 0 radical (unpaired) electrons. The monoisotopic (exact) mass is 355 g/mol.